The molecule has 1 atom stereocenters. The van der Waals surface area contributed by atoms with Gasteiger partial charge in [0.15, 0.2) is 5.82 Å². The molecule has 0 unspecified atom stereocenters. The van der Waals surface area contributed by atoms with Crippen LogP contribution >= 0.6 is 0 Å². The molecule has 8 heteroatoms. The summed E-state index contributed by atoms with van der Waals surface area (Å²) in [6, 6.07) is 2.92. The maximum atomic E-state index is 12.0. The van der Waals surface area contributed by atoms with Gasteiger partial charge in [-0.3, -0.25) is 9.78 Å². The fourth-order valence-corrected chi connectivity index (χ4v) is 1.60. The van der Waals surface area contributed by atoms with E-state index >= 15 is 0 Å². The highest BCUT2D eigenvalue weighted by molar-refractivity contribution is 5.92. The number of aryl methyl sites for hydroxylation is 1. The molecule has 0 aromatic carbocycles. The van der Waals surface area contributed by atoms with Gasteiger partial charge in [0, 0.05) is 19.3 Å². The number of ether oxygens (including phenoxy) is 1. The van der Waals surface area contributed by atoms with Gasteiger partial charge >= 0.3 is 0 Å². The number of amides is 1. The molecule has 0 bridgehead atoms. The van der Waals surface area contributed by atoms with Crippen molar-refractivity contribution in [3.8, 4) is 5.75 Å². The second kappa shape index (κ2) is 5.42. The number of carbonyl (C=O) groups excluding carboxylic acids is 1. The predicted molar refractivity (Wildman–Crippen MR) is 65.5 cm³/mol. The van der Waals surface area contributed by atoms with Crippen molar-refractivity contribution in [2.24, 2.45) is 7.05 Å². The summed E-state index contributed by atoms with van der Waals surface area (Å²) in [5.74, 6) is 0.832. The molecule has 19 heavy (non-hydrogen) atoms. The summed E-state index contributed by atoms with van der Waals surface area (Å²) >= 11 is 0. The number of aromatic nitrogens is 5. The monoisotopic (exact) mass is 262 g/mol. The van der Waals surface area contributed by atoms with Gasteiger partial charge in [0.05, 0.1) is 13.2 Å². The van der Waals surface area contributed by atoms with Gasteiger partial charge < -0.3 is 10.1 Å². The van der Waals surface area contributed by atoms with E-state index in [1.165, 1.54) is 18.0 Å². The first-order valence-electron chi connectivity index (χ1n) is 5.65. The van der Waals surface area contributed by atoms with Crippen LogP contribution in [-0.4, -0.2) is 38.2 Å². The van der Waals surface area contributed by atoms with Gasteiger partial charge in [0.1, 0.15) is 11.4 Å². The Morgan fingerprint density at radius 2 is 2.32 bits per heavy atom. The smallest absolute Gasteiger partial charge is 0.270 e. The normalized spacial score (nSPS) is 11.9. The zero-order valence-corrected chi connectivity index (χ0v) is 10.9. The molecule has 8 nitrogen and oxygen atoms in total. The predicted octanol–water partition coefficient (Wildman–Crippen LogP) is 0.105. The molecule has 1 N–H and O–H groups in total. The summed E-state index contributed by atoms with van der Waals surface area (Å²) in [6.07, 6.45) is 1.52. The van der Waals surface area contributed by atoms with Gasteiger partial charge in [0.25, 0.3) is 5.91 Å². The summed E-state index contributed by atoms with van der Waals surface area (Å²) in [4.78, 5) is 16.0. The molecule has 2 aromatic rings. The lowest BCUT2D eigenvalue weighted by Gasteiger charge is -2.11. The van der Waals surface area contributed by atoms with E-state index in [-0.39, 0.29) is 17.6 Å². The molecule has 2 aromatic heterocycles. The van der Waals surface area contributed by atoms with Gasteiger partial charge in [-0.2, -0.15) is 0 Å². The number of carbonyl (C=O) groups is 1. The summed E-state index contributed by atoms with van der Waals surface area (Å²) in [5, 5.41) is 13.8. The Morgan fingerprint density at radius 1 is 1.53 bits per heavy atom. The molecule has 0 aliphatic heterocycles. The zero-order chi connectivity index (χ0) is 13.8. The Hall–Kier alpha value is -2.51. The maximum absolute atomic E-state index is 12.0. The van der Waals surface area contributed by atoms with Gasteiger partial charge in [-0.1, -0.05) is 0 Å². The molecule has 0 spiro atoms. The molecule has 1 amide bonds. The SMILES string of the molecule is COc1ccnc(C(=O)N[C@H](C)c2nnnn2C)c1. The van der Waals surface area contributed by atoms with Crippen LogP contribution in [0.3, 0.4) is 0 Å². The van der Waals surface area contributed by atoms with Crippen LogP contribution in [0.1, 0.15) is 29.3 Å². The highest BCUT2D eigenvalue weighted by Crippen LogP contribution is 2.12. The van der Waals surface area contributed by atoms with Crippen molar-refractivity contribution in [3.63, 3.8) is 0 Å². The first kappa shape index (κ1) is 12.9. The summed E-state index contributed by atoms with van der Waals surface area (Å²) < 4.78 is 6.55. The molecule has 0 aliphatic carbocycles. The minimum atomic E-state index is -0.319. The molecule has 0 radical (unpaired) electrons. The molecule has 100 valence electrons. The van der Waals surface area contributed by atoms with Crippen molar-refractivity contribution in [2.45, 2.75) is 13.0 Å². The average Bonchev–Trinajstić information content (AvgIpc) is 2.85. The fraction of sp³-hybridized carbons (Fsp3) is 0.364. The number of rotatable bonds is 4. The van der Waals surface area contributed by atoms with Crippen molar-refractivity contribution < 1.29 is 9.53 Å². The van der Waals surface area contributed by atoms with Crippen LogP contribution < -0.4 is 10.1 Å². The zero-order valence-electron chi connectivity index (χ0n) is 10.9. The highest BCUT2D eigenvalue weighted by Gasteiger charge is 2.17. The van der Waals surface area contributed by atoms with Gasteiger partial charge in [-0.25, -0.2) is 4.68 Å². The van der Waals surface area contributed by atoms with E-state index in [1.807, 2.05) is 0 Å². The van der Waals surface area contributed by atoms with Crippen molar-refractivity contribution in [1.82, 2.24) is 30.5 Å². The molecule has 0 saturated heterocycles. The third kappa shape index (κ3) is 2.84. The minimum Gasteiger partial charge on any atom is -0.497 e. The van der Waals surface area contributed by atoms with Gasteiger partial charge in [-0.15, -0.1) is 5.10 Å². The quantitative estimate of drug-likeness (QED) is 0.840. The van der Waals surface area contributed by atoms with Crippen molar-refractivity contribution in [2.75, 3.05) is 7.11 Å². The Kier molecular flexibility index (Phi) is 3.69. The van der Waals surface area contributed by atoms with E-state index < -0.39 is 0 Å². The van der Waals surface area contributed by atoms with Crippen LogP contribution in [0.4, 0.5) is 0 Å². The fourth-order valence-electron chi connectivity index (χ4n) is 1.60. The molecule has 0 aliphatic rings. The second-order valence-corrected chi connectivity index (χ2v) is 3.94. The number of hydrogen-bond donors (Lipinski definition) is 1. The summed E-state index contributed by atoms with van der Waals surface area (Å²) in [5.41, 5.74) is 0.279. The Balaban J connectivity index is 2.10. The van der Waals surface area contributed by atoms with Crippen LogP contribution in [0.25, 0.3) is 0 Å². The van der Waals surface area contributed by atoms with E-state index in [9.17, 15) is 4.79 Å². The van der Waals surface area contributed by atoms with Crippen molar-refractivity contribution in [1.29, 1.82) is 0 Å². The Labute approximate surface area is 109 Å². The van der Waals surface area contributed by atoms with Crippen molar-refractivity contribution >= 4 is 5.91 Å². The van der Waals surface area contributed by atoms with Gasteiger partial charge in [-0.05, 0) is 23.4 Å². The third-order valence-electron chi connectivity index (χ3n) is 2.59. The molecule has 2 heterocycles. The molecule has 0 fully saturated rings. The number of pyridine rings is 1. The molecule has 0 saturated carbocycles. The van der Waals surface area contributed by atoms with Crippen LogP contribution in [0.5, 0.6) is 5.75 Å². The lowest BCUT2D eigenvalue weighted by Crippen LogP contribution is -2.29. The van der Waals surface area contributed by atoms with E-state index in [2.05, 4.69) is 25.8 Å². The molecule has 2 rings (SSSR count). The Morgan fingerprint density at radius 3 is 2.95 bits per heavy atom. The number of nitrogens with zero attached hydrogens (tertiary/aromatic N) is 5. The highest BCUT2D eigenvalue weighted by atomic mass is 16.5. The average molecular weight is 262 g/mol. The van der Waals surface area contributed by atoms with E-state index in [0.29, 0.717) is 11.6 Å². The van der Waals surface area contributed by atoms with E-state index in [0.717, 1.165) is 0 Å². The van der Waals surface area contributed by atoms with Crippen LogP contribution in [-0.2, 0) is 7.05 Å². The van der Waals surface area contributed by atoms with E-state index in [4.69, 9.17) is 4.74 Å². The second-order valence-electron chi connectivity index (χ2n) is 3.94. The van der Waals surface area contributed by atoms with Crippen LogP contribution in [0, 0.1) is 0 Å². The lowest BCUT2D eigenvalue weighted by molar-refractivity contribution is 0.0932. The topological polar surface area (TPSA) is 94.8 Å². The first-order valence-corrected chi connectivity index (χ1v) is 5.65. The summed E-state index contributed by atoms with van der Waals surface area (Å²) in [6.45, 7) is 1.80. The number of methoxy groups -OCH3 is 1. The first-order chi connectivity index (χ1) is 9.11. The molecular formula is C11H14N6O2. The standard InChI is InChI=1S/C11H14N6O2/c1-7(10-14-15-16-17(10)2)13-11(18)9-6-8(19-3)4-5-12-9/h4-7H,1-3H3,(H,13,18)/t7-/m1/s1. The number of hydrogen-bond acceptors (Lipinski definition) is 6. The molecular weight excluding hydrogens is 248 g/mol. The van der Waals surface area contributed by atoms with Crippen LogP contribution in [0.15, 0.2) is 18.3 Å². The minimum absolute atomic E-state index is 0.279. The van der Waals surface area contributed by atoms with Crippen molar-refractivity contribution in [3.05, 3.63) is 29.8 Å². The van der Waals surface area contributed by atoms with Crippen LogP contribution in [0.2, 0.25) is 0 Å². The third-order valence-corrected chi connectivity index (χ3v) is 2.59. The summed E-state index contributed by atoms with van der Waals surface area (Å²) in [7, 11) is 3.24. The van der Waals surface area contributed by atoms with E-state index in [1.54, 1.807) is 26.1 Å². The number of nitrogens with one attached hydrogen (secondary N) is 1. The lowest BCUT2D eigenvalue weighted by atomic mass is 10.2. The Bertz CT molecular complexity index is 582. The van der Waals surface area contributed by atoms with Gasteiger partial charge in [0.2, 0.25) is 0 Å². The largest absolute Gasteiger partial charge is 0.497 e. The number of tetrazole rings is 1. The maximum Gasteiger partial charge on any atom is 0.270 e.